The Kier molecular flexibility index (Phi) is 5.43. The Balaban J connectivity index is 1.46. The van der Waals surface area contributed by atoms with Crippen LogP contribution in [0.1, 0.15) is 44.6 Å². The maximum atomic E-state index is 11.9. The average molecular weight is 373 g/mol. The molecule has 3 aromatic rings. The molecule has 0 N–H and O–H groups in total. The van der Waals surface area contributed by atoms with Crippen LogP contribution >= 0.6 is 0 Å². The Hall–Kier alpha value is -2.68. The first-order valence-electron chi connectivity index (χ1n) is 10.4. The standard InChI is InChI=1S/C25H28N2O/c1-3-25(28)27-14-12-20(13-15-27)18(2)19-8-10-21(11-9-19)23-16-22-6-4-5-7-24(22)26-17-23/h4-11,16-18,20H,3,12-15H2,1-2H3. The largest absolute Gasteiger partial charge is 0.343 e. The lowest BCUT2D eigenvalue weighted by atomic mass is 9.81. The van der Waals surface area contributed by atoms with Crippen molar-refractivity contribution < 1.29 is 4.79 Å². The number of piperidine rings is 1. The molecule has 1 aliphatic rings. The van der Waals surface area contributed by atoms with Gasteiger partial charge in [0.05, 0.1) is 5.52 Å². The third-order valence-corrected chi connectivity index (χ3v) is 6.26. The highest BCUT2D eigenvalue weighted by molar-refractivity contribution is 5.83. The molecule has 4 rings (SSSR count). The summed E-state index contributed by atoms with van der Waals surface area (Å²) in [5.41, 5.74) is 4.78. The van der Waals surface area contributed by atoms with Crippen LogP contribution in [0.25, 0.3) is 22.0 Å². The molecular formula is C25H28N2O. The summed E-state index contributed by atoms with van der Waals surface area (Å²) in [6, 6.07) is 19.4. The van der Waals surface area contributed by atoms with E-state index in [9.17, 15) is 4.79 Å². The number of hydrogen-bond donors (Lipinski definition) is 0. The maximum absolute atomic E-state index is 11.9. The summed E-state index contributed by atoms with van der Waals surface area (Å²) in [4.78, 5) is 18.5. The number of benzene rings is 2. The van der Waals surface area contributed by atoms with Crippen LogP contribution in [-0.2, 0) is 4.79 Å². The molecule has 0 bridgehead atoms. The van der Waals surface area contributed by atoms with Crippen molar-refractivity contribution in [2.24, 2.45) is 5.92 Å². The first-order valence-corrected chi connectivity index (χ1v) is 10.4. The highest BCUT2D eigenvalue weighted by Crippen LogP contribution is 2.33. The Morgan fingerprint density at radius 3 is 2.50 bits per heavy atom. The summed E-state index contributed by atoms with van der Waals surface area (Å²) in [7, 11) is 0. The van der Waals surface area contributed by atoms with E-state index in [0.29, 0.717) is 24.2 Å². The fourth-order valence-electron chi connectivity index (χ4n) is 4.35. The van der Waals surface area contributed by atoms with E-state index in [1.165, 1.54) is 16.5 Å². The molecule has 1 saturated heterocycles. The Bertz CT molecular complexity index is 956. The SMILES string of the molecule is CCC(=O)N1CCC(C(C)c2ccc(-c3cnc4ccccc4c3)cc2)CC1. The van der Waals surface area contributed by atoms with Gasteiger partial charge in [0.1, 0.15) is 0 Å². The van der Waals surface area contributed by atoms with Gasteiger partial charge in [0.2, 0.25) is 5.91 Å². The van der Waals surface area contributed by atoms with Crippen LogP contribution in [0.5, 0.6) is 0 Å². The van der Waals surface area contributed by atoms with Gasteiger partial charge in [-0.2, -0.15) is 0 Å². The molecular weight excluding hydrogens is 344 g/mol. The normalized spacial score (nSPS) is 16.3. The zero-order valence-electron chi connectivity index (χ0n) is 16.8. The summed E-state index contributed by atoms with van der Waals surface area (Å²) >= 11 is 0. The zero-order chi connectivity index (χ0) is 19.5. The van der Waals surface area contributed by atoms with Crippen LogP contribution in [0.15, 0.2) is 60.8 Å². The van der Waals surface area contributed by atoms with Gasteiger partial charge in [-0.1, -0.05) is 56.3 Å². The lowest BCUT2D eigenvalue weighted by Gasteiger charge is -2.35. The summed E-state index contributed by atoms with van der Waals surface area (Å²) < 4.78 is 0. The van der Waals surface area contributed by atoms with Crippen molar-refractivity contribution in [2.45, 2.75) is 39.0 Å². The second-order valence-electron chi connectivity index (χ2n) is 7.90. The molecule has 1 atom stereocenters. The van der Waals surface area contributed by atoms with Gasteiger partial charge in [0, 0.05) is 36.7 Å². The molecule has 1 aliphatic heterocycles. The van der Waals surface area contributed by atoms with Crippen molar-refractivity contribution in [2.75, 3.05) is 13.1 Å². The number of aromatic nitrogens is 1. The first kappa shape index (κ1) is 18.7. The van der Waals surface area contributed by atoms with Gasteiger partial charge < -0.3 is 4.90 Å². The van der Waals surface area contributed by atoms with Crippen molar-refractivity contribution in [1.29, 1.82) is 0 Å². The third-order valence-electron chi connectivity index (χ3n) is 6.26. The highest BCUT2D eigenvalue weighted by atomic mass is 16.2. The lowest BCUT2D eigenvalue weighted by Crippen LogP contribution is -2.39. The van der Waals surface area contributed by atoms with E-state index in [4.69, 9.17) is 0 Å². The summed E-state index contributed by atoms with van der Waals surface area (Å²) in [5, 5.41) is 1.17. The quantitative estimate of drug-likeness (QED) is 0.592. The predicted octanol–water partition coefficient (Wildman–Crippen LogP) is 5.65. The molecule has 28 heavy (non-hydrogen) atoms. The number of pyridine rings is 1. The van der Waals surface area contributed by atoms with Crippen LogP contribution in [0.2, 0.25) is 0 Å². The molecule has 3 heteroatoms. The van der Waals surface area contributed by atoms with Gasteiger partial charge in [0.25, 0.3) is 0 Å². The van der Waals surface area contributed by atoms with E-state index < -0.39 is 0 Å². The van der Waals surface area contributed by atoms with Gasteiger partial charge >= 0.3 is 0 Å². The fraction of sp³-hybridized carbons (Fsp3) is 0.360. The van der Waals surface area contributed by atoms with E-state index in [1.807, 2.05) is 30.2 Å². The first-order chi connectivity index (χ1) is 13.7. The number of rotatable bonds is 4. The van der Waals surface area contributed by atoms with Crippen LogP contribution in [0.4, 0.5) is 0 Å². The van der Waals surface area contributed by atoms with E-state index in [-0.39, 0.29) is 0 Å². The minimum Gasteiger partial charge on any atom is -0.343 e. The monoisotopic (exact) mass is 372 g/mol. The minimum atomic E-state index is 0.291. The molecule has 0 aliphatic carbocycles. The van der Waals surface area contributed by atoms with E-state index in [1.54, 1.807) is 0 Å². The lowest BCUT2D eigenvalue weighted by molar-refractivity contribution is -0.132. The second-order valence-corrected chi connectivity index (χ2v) is 7.90. The van der Waals surface area contributed by atoms with Gasteiger partial charge in [-0.05, 0) is 47.9 Å². The Morgan fingerprint density at radius 2 is 1.79 bits per heavy atom. The zero-order valence-corrected chi connectivity index (χ0v) is 16.8. The third kappa shape index (κ3) is 3.80. The molecule has 1 unspecified atom stereocenters. The number of fused-ring (bicyclic) bond motifs is 1. The maximum Gasteiger partial charge on any atom is 0.222 e. The average Bonchev–Trinajstić information content (AvgIpc) is 2.78. The van der Waals surface area contributed by atoms with Gasteiger partial charge in [-0.3, -0.25) is 9.78 Å². The van der Waals surface area contributed by atoms with Crippen molar-refractivity contribution in [3.63, 3.8) is 0 Å². The number of hydrogen-bond acceptors (Lipinski definition) is 2. The van der Waals surface area contributed by atoms with Crippen molar-refractivity contribution >= 4 is 16.8 Å². The van der Waals surface area contributed by atoms with Crippen molar-refractivity contribution in [3.05, 3.63) is 66.4 Å². The molecule has 144 valence electrons. The molecule has 3 nitrogen and oxygen atoms in total. The molecule has 1 fully saturated rings. The number of carbonyl (C=O) groups excluding carboxylic acids is 1. The van der Waals surface area contributed by atoms with Gasteiger partial charge in [-0.25, -0.2) is 0 Å². The molecule has 0 radical (unpaired) electrons. The summed E-state index contributed by atoms with van der Waals surface area (Å²) in [6.45, 7) is 6.09. The molecule has 1 amide bonds. The minimum absolute atomic E-state index is 0.291. The highest BCUT2D eigenvalue weighted by Gasteiger charge is 2.26. The van der Waals surface area contributed by atoms with Gasteiger partial charge in [-0.15, -0.1) is 0 Å². The second kappa shape index (κ2) is 8.14. The molecule has 0 saturated carbocycles. The summed E-state index contributed by atoms with van der Waals surface area (Å²) in [6.07, 6.45) is 4.78. The number of amides is 1. The van der Waals surface area contributed by atoms with Crippen LogP contribution < -0.4 is 0 Å². The fourth-order valence-corrected chi connectivity index (χ4v) is 4.35. The number of nitrogens with zero attached hydrogens (tertiary/aromatic N) is 2. The number of likely N-dealkylation sites (tertiary alicyclic amines) is 1. The van der Waals surface area contributed by atoms with Crippen molar-refractivity contribution in [3.8, 4) is 11.1 Å². The van der Waals surface area contributed by atoms with E-state index in [0.717, 1.165) is 37.0 Å². The van der Waals surface area contributed by atoms with Crippen molar-refractivity contribution in [1.82, 2.24) is 9.88 Å². The smallest absolute Gasteiger partial charge is 0.222 e. The number of carbonyl (C=O) groups is 1. The molecule has 0 spiro atoms. The molecule has 2 heterocycles. The summed E-state index contributed by atoms with van der Waals surface area (Å²) in [5.74, 6) is 1.45. The predicted molar refractivity (Wildman–Crippen MR) is 115 cm³/mol. The van der Waals surface area contributed by atoms with E-state index in [2.05, 4.69) is 54.4 Å². The Labute approximate surface area is 167 Å². The topological polar surface area (TPSA) is 33.2 Å². The van der Waals surface area contributed by atoms with Crippen LogP contribution in [0, 0.1) is 5.92 Å². The van der Waals surface area contributed by atoms with Gasteiger partial charge in [0.15, 0.2) is 0 Å². The Morgan fingerprint density at radius 1 is 1.07 bits per heavy atom. The van der Waals surface area contributed by atoms with E-state index >= 15 is 0 Å². The number of para-hydroxylation sites is 1. The molecule has 2 aromatic carbocycles. The van der Waals surface area contributed by atoms with Crippen LogP contribution in [0.3, 0.4) is 0 Å². The molecule has 1 aromatic heterocycles. The van der Waals surface area contributed by atoms with Crippen LogP contribution in [-0.4, -0.2) is 28.9 Å².